The highest BCUT2D eigenvalue weighted by atomic mass is 14.0. The van der Waals surface area contributed by atoms with Crippen molar-refractivity contribution in [2.75, 3.05) is 0 Å². The van der Waals surface area contributed by atoms with E-state index in [0.29, 0.717) is 11.8 Å². The fourth-order valence-corrected chi connectivity index (χ4v) is 3.82. The average molecular weight is 489 g/mol. The minimum Gasteiger partial charge on any atom is -0.103 e. The van der Waals surface area contributed by atoms with Crippen LogP contribution in [0.3, 0.4) is 0 Å². The van der Waals surface area contributed by atoms with E-state index >= 15 is 0 Å². The summed E-state index contributed by atoms with van der Waals surface area (Å²) in [7, 11) is 0. The van der Waals surface area contributed by atoms with Crippen molar-refractivity contribution >= 4 is 0 Å². The number of benzene rings is 2. The van der Waals surface area contributed by atoms with Gasteiger partial charge in [-0.25, -0.2) is 0 Å². The lowest BCUT2D eigenvalue weighted by Gasteiger charge is -2.05. The summed E-state index contributed by atoms with van der Waals surface area (Å²) in [5.74, 6) is 1.02. The van der Waals surface area contributed by atoms with Crippen LogP contribution in [0.15, 0.2) is 98.1 Å². The molecule has 0 amide bonds. The van der Waals surface area contributed by atoms with Gasteiger partial charge in [0.05, 0.1) is 0 Å². The van der Waals surface area contributed by atoms with Crippen LogP contribution in [0.4, 0.5) is 0 Å². The molecule has 0 aliphatic heterocycles. The topological polar surface area (TPSA) is 0 Å². The molecular formula is C36H56. The summed E-state index contributed by atoms with van der Waals surface area (Å²) < 4.78 is 0. The summed E-state index contributed by atoms with van der Waals surface area (Å²) in [4.78, 5) is 0. The molecule has 0 aliphatic carbocycles. The van der Waals surface area contributed by atoms with Gasteiger partial charge < -0.3 is 0 Å². The molecule has 0 heteroatoms. The zero-order valence-electron chi connectivity index (χ0n) is 24.1. The molecule has 0 N–H and O–H groups in total. The SMILES string of the molecule is C=CC(C)c1ccccc1.C=CCCCCCCC.CCCCCCCC=CC(C)c1ccccc1. The van der Waals surface area contributed by atoms with Gasteiger partial charge in [-0.2, -0.15) is 0 Å². The molecule has 36 heavy (non-hydrogen) atoms. The van der Waals surface area contributed by atoms with Crippen LogP contribution in [0.1, 0.15) is 128 Å². The number of rotatable bonds is 16. The quantitative estimate of drug-likeness (QED) is 0.163. The molecule has 0 nitrogen and oxygen atoms in total. The van der Waals surface area contributed by atoms with Crippen molar-refractivity contribution in [3.63, 3.8) is 0 Å². The molecule has 0 saturated carbocycles. The minimum atomic E-state index is 0.473. The van der Waals surface area contributed by atoms with Crippen LogP contribution in [0.25, 0.3) is 0 Å². The third-order valence-corrected chi connectivity index (χ3v) is 6.42. The molecule has 200 valence electrons. The Labute approximate surface area is 225 Å². The molecule has 0 saturated heterocycles. The maximum atomic E-state index is 3.74. The molecular weight excluding hydrogens is 432 g/mol. The number of hydrogen-bond acceptors (Lipinski definition) is 0. The fraction of sp³-hybridized carbons (Fsp3) is 0.500. The number of hydrogen-bond donors (Lipinski definition) is 0. The van der Waals surface area contributed by atoms with E-state index in [4.69, 9.17) is 0 Å². The van der Waals surface area contributed by atoms with Gasteiger partial charge in [0, 0.05) is 0 Å². The highest BCUT2D eigenvalue weighted by Crippen LogP contribution is 2.17. The first-order valence-electron chi connectivity index (χ1n) is 14.6. The van der Waals surface area contributed by atoms with Crippen LogP contribution in [-0.4, -0.2) is 0 Å². The van der Waals surface area contributed by atoms with E-state index in [0.717, 1.165) is 0 Å². The average Bonchev–Trinajstić information content (AvgIpc) is 2.93. The number of allylic oxidation sites excluding steroid dienone is 4. The summed E-state index contributed by atoms with van der Waals surface area (Å²) >= 11 is 0. The lowest BCUT2D eigenvalue weighted by atomic mass is 10.0. The van der Waals surface area contributed by atoms with Gasteiger partial charge in [0.2, 0.25) is 0 Å². The van der Waals surface area contributed by atoms with Crippen LogP contribution in [-0.2, 0) is 0 Å². The molecule has 0 fully saturated rings. The minimum absolute atomic E-state index is 0.473. The molecule has 2 aromatic rings. The van der Waals surface area contributed by atoms with Gasteiger partial charge in [-0.15, -0.1) is 13.2 Å². The normalized spacial score (nSPS) is 12.0. The summed E-state index contributed by atoms with van der Waals surface area (Å²) in [5, 5.41) is 0. The van der Waals surface area contributed by atoms with Gasteiger partial charge in [0.15, 0.2) is 0 Å². The number of unbranched alkanes of at least 4 members (excludes halogenated alkanes) is 10. The largest absolute Gasteiger partial charge is 0.103 e. The molecule has 2 unspecified atom stereocenters. The Hall–Kier alpha value is -2.34. The van der Waals surface area contributed by atoms with Crippen molar-refractivity contribution in [2.45, 2.75) is 117 Å². The second-order valence-electron chi connectivity index (χ2n) is 9.76. The summed E-state index contributed by atoms with van der Waals surface area (Å²) in [5.41, 5.74) is 2.74. The van der Waals surface area contributed by atoms with Gasteiger partial charge >= 0.3 is 0 Å². The Morgan fingerprint density at radius 2 is 1.03 bits per heavy atom. The standard InChI is InChI=1S/C17H26.C10H12.C9H18/c1-3-4-5-6-7-8-10-13-16(2)17-14-11-9-12-15-17;1-3-9(2)10-7-5-4-6-8-10;1-3-5-7-9-8-6-4-2/h9-16H,3-8H2,1-2H3;3-9H,1H2,2H3;3H,1,4-9H2,2H3. The van der Waals surface area contributed by atoms with Gasteiger partial charge in [0.1, 0.15) is 0 Å². The molecule has 0 aromatic heterocycles. The molecule has 0 aliphatic rings. The van der Waals surface area contributed by atoms with Crippen molar-refractivity contribution < 1.29 is 0 Å². The van der Waals surface area contributed by atoms with Crippen molar-refractivity contribution in [3.8, 4) is 0 Å². The van der Waals surface area contributed by atoms with E-state index in [1.807, 2.05) is 18.2 Å². The van der Waals surface area contributed by atoms with E-state index in [1.54, 1.807) is 0 Å². The van der Waals surface area contributed by atoms with Crippen molar-refractivity contribution in [3.05, 3.63) is 109 Å². The van der Waals surface area contributed by atoms with E-state index < -0.39 is 0 Å². The van der Waals surface area contributed by atoms with E-state index in [9.17, 15) is 0 Å². The van der Waals surface area contributed by atoms with Gasteiger partial charge in [0.25, 0.3) is 0 Å². The van der Waals surface area contributed by atoms with Gasteiger partial charge in [-0.05, 0) is 48.6 Å². The molecule has 0 spiro atoms. The van der Waals surface area contributed by atoms with Crippen molar-refractivity contribution in [2.24, 2.45) is 0 Å². The van der Waals surface area contributed by atoms with E-state index in [2.05, 4.69) is 108 Å². The summed E-state index contributed by atoms with van der Waals surface area (Å²) in [6.45, 7) is 16.3. The molecule has 0 radical (unpaired) electrons. The fourth-order valence-electron chi connectivity index (χ4n) is 3.82. The maximum Gasteiger partial charge on any atom is -0.00104 e. The van der Waals surface area contributed by atoms with Crippen LogP contribution < -0.4 is 0 Å². The Morgan fingerprint density at radius 3 is 1.47 bits per heavy atom. The summed E-state index contributed by atoms with van der Waals surface area (Å²) in [6.07, 6.45) is 24.8. The van der Waals surface area contributed by atoms with Crippen molar-refractivity contribution in [1.29, 1.82) is 0 Å². The molecule has 2 rings (SSSR count). The first kappa shape index (κ1) is 33.7. The second kappa shape index (κ2) is 25.7. The lowest BCUT2D eigenvalue weighted by molar-refractivity contribution is 0.637. The highest BCUT2D eigenvalue weighted by molar-refractivity contribution is 5.23. The van der Waals surface area contributed by atoms with Crippen LogP contribution in [0, 0.1) is 0 Å². The predicted molar refractivity (Wildman–Crippen MR) is 166 cm³/mol. The Bertz CT molecular complexity index is 740. The first-order chi connectivity index (χ1) is 17.6. The van der Waals surface area contributed by atoms with E-state index in [1.165, 1.54) is 88.2 Å². The van der Waals surface area contributed by atoms with Crippen LogP contribution in [0.5, 0.6) is 0 Å². The molecule has 0 bridgehead atoms. The van der Waals surface area contributed by atoms with Crippen LogP contribution in [0.2, 0.25) is 0 Å². The van der Waals surface area contributed by atoms with Crippen molar-refractivity contribution in [1.82, 2.24) is 0 Å². The third-order valence-electron chi connectivity index (χ3n) is 6.42. The van der Waals surface area contributed by atoms with Crippen LogP contribution >= 0.6 is 0 Å². The first-order valence-corrected chi connectivity index (χ1v) is 14.6. The monoisotopic (exact) mass is 488 g/mol. The Balaban J connectivity index is 0.000000551. The summed E-state index contributed by atoms with van der Waals surface area (Å²) in [6, 6.07) is 21.1. The van der Waals surface area contributed by atoms with E-state index in [-0.39, 0.29) is 0 Å². The predicted octanol–water partition coefficient (Wildman–Crippen LogP) is 12.2. The van der Waals surface area contributed by atoms with Gasteiger partial charge in [-0.3, -0.25) is 0 Å². The Kier molecular flexibility index (Phi) is 24.1. The molecule has 2 atom stereocenters. The zero-order chi connectivity index (χ0) is 26.7. The molecule has 0 heterocycles. The smallest absolute Gasteiger partial charge is 0.00104 e. The lowest BCUT2D eigenvalue weighted by Crippen LogP contribution is -1.87. The highest BCUT2D eigenvalue weighted by Gasteiger charge is 1.98. The third kappa shape index (κ3) is 19.9. The Morgan fingerprint density at radius 1 is 0.583 bits per heavy atom. The zero-order valence-corrected chi connectivity index (χ0v) is 24.1. The van der Waals surface area contributed by atoms with Gasteiger partial charge in [-0.1, -0.05) is 164 Å². The maximum absolute atomic E-state index is 3.74. The molecule has 2 aromatic carbocycles. The second-order valence-corrected chi connectivity index (χ2v) is 9.76.